The third kappa shape index (κ3) is 4.43. The summed E-state index contributed by atoms with van der Waals surface area (Å²) in [5.41, 5.74) is 2.17. The molecule has 0 fully saturated rings. The van der Waals surface area contributed by atoms with Crippen LogP contribution in [0.4, 0.5) is 5.13 Å². The van der Waals surface area contributed by atoms with E-state index in [9.17, 15) is 4.79 Å². The summed E-state index contributed by atoms with van der Waals surface area (Å²) < 4.78 is 5.25. The summed E-state index contributed by atoms with van der Waals surface area (Å²) in [5, 5.41) is 26.2. The summed E-state index contributed by atoms with van der Waals surface area (Å²) in [6.07, 6.45) is 1.53. The predicted molar refractivity (Wildman–Crippen MR) is 108 cm³/mol. The van der Waals surface area contributed by atoms with Gasteiger partial charge in [-0.1, -0.05) is 41.7 Å². The molecule has 0 aliphatic heterocycles. The molecule has 0 spiro atoms. The van der Waals surface area contributed by atoms with Crippen molar-refractivity contribution in [2.75, 3.05) is 12.4 Å². The number of aromatic nitrogens is 6. The first-order valence-electron chi connectivity index (χ1n) is 8.82. The largest absolute Gasteiger partial charge is 0.497 e. The van der Waals surface area contributed by atoms with Gasteiger partial charge >= 0.3 is 0 Å². The quantitative estimate of drug-likeness (QED) is 0.483. The Morgan fingerprint density at radius 3 is 2.83 bits per heavy atom. The van der Waals surface area contributed by atoms with Crippen LogP contribution in [0.25, 0.3) is 11.4 Å². The normalized spacial score (nSPS) is 10.7. The third-order valence-electron chi connectivity index (χ3n) is 4.21. The molecule has 0 aliphatic carbocycles. The van der Waals surface area contributed by atoms with Crippen LogP contribution in [-0.2, 0) is 12.8 Å². The predicted octanol–water partition coefficient (Wildman–Crippen LogP) is 2.76. The second-order valence-electron chi connectivity index (χ2n) is 6.09. The molecular weight excluding hydrogens is 390 g/mol. The summed E-state index contributed by atoms with van der Waals surface area (Å²) in [6, 6.07) is 15.0. The maximum absolute atomic E-state index is 12.7. The molecule has 2 aromatic carbocycles. The Morgan fingerprint density at radius 2 is 2.00 bits per heavy atom. The number of nitrogens with zero attached hydrogens (tertiary/aromatic N) is 5. The van der Waals surface area contributed by atoms with Crippen molar-refractivity contribution in [3.8, 4) is 17.1 Å². The Morgan fingerprint density at radius 1 is 1.10 bits per heavy atom. The van der Waals surface area contributed by atoms with Crippen LogP contribution in [0, 0.1) is 0 Å². The number of ether oxygens (including phenoxy) is 1. The van der Waals surface area contributed by atoms with Crippen LogP contribution in [0.1, 0.15) is 20.9 Å². The van der Waals surface area contributed by atoms with Crippen LogP contribution < -0.4 is 10.1 Å². The van der Waals surface area contributed by atoms with E-state index in [0.29, 0.717) is 22.1 Å². The van der Waals surface area contributed by atoms with Crippen LogP contribution >= 0.6 is 11.3 Å². The van der Waals surface area contributed by atoms with Crippen LogP contribution in [0.5, 0.6) is 5.75 Å². The Bertz CT molecular complexity index is 1110. The van der Waals surface area contributed by atoms with Gasteiger partial charge in [-0.25, -0.2) is 0 Å². The number of methoxy groups -OCH3 is 1. The number of rotatable bonds is 7. The number of hydrogen-bond donors (Lipinski definition) is 2. The Hall–Kier alpha value is -3.66. The molecular formula is C19H17N7O2S. The van der Waals surface area contributed by atoms with Gasteiger partial charge in [0.15, 0.2) is 0 Å². The van der Waals surface area contributed by atoms with Gasteiger partial charge in [0.05, 0.1) is 12.7 Å². The average molecular weight is 407 g/mol. The molecule has 2 heterocycles. The maximum atomic E-state index is 12.7. The summed E-state index contributed by atoms with van der Waals surface area (Å²) in [5.74, 6) is 0.876. The first kappa shape index (κ1) is 18.7. The minimum absolute atomic E-state index is 0.305. The topological polar surface area (TPSA) is 119 Å². The molecule has 2 N–H and O–H groups in total. The van der Waals surface area contributed by atoms with Crippen molar-refractivity contribution >= 4 is 22.4 Å². The molecule has 0 unspecified atom stereocenters. The van der Waals surface area contributed by atoms with Gasteiger partial charge in [0, 0.05) is 12.0 Å². The standard InChI is InChI=1S/C19H17N7O2S/c1-28-13-6-4-5-12(11-13)9-10-16-21-24-19(29-16)20-18(27)15-8-3-2-7-14(15)17-22-25-26-23-17/h2-8,11H,9-10H2,1H3,(H,20,24,27)(H,22,23,25,26). The van der Waals surface area contributed by atoms with E-state index in [4.69, 9.17) is 4.74 Å². The molecule has 4 rings (SSSR count). The fourth-order valence-corrected chi connectivity index (χ4v) is 3.54. The summed E-state index contributed by atoms with van der Waals surface area (Å²) in [4.78, 5) is 12.7. The third-order valence-corrected chi connectivity index (χ3v) is 5.11. The molecule has 0 radical (unpaired) electrons. The number of H-pyrrole nitrogens is 1. The highest BCUT2D eigenvalue weighted by Crippen LogP contribution is 2.23. The smallest absolute Gasteiger partial charge is 0.258 e. The van der Waals surface area contributed by atoms with Gasteiger partial charge in [0.1, 0.15) is 10.8 Å². The van der Waals surface area contributed by atoms with E-state index >= 15 is 0 Å². The zero-order chi connectivity index (χ0) is 20.1. The Labute approximate surface area is 170 Å². The number of nitrogens with one attached hydrogen (secondary N) is 2. The summed E-state index contributed by atoms with van der Waals surface area (Å²) in [6.45, 7) is 0. The minimum atomic E-state index is -0.305. The number of carbonyl (C=O) groups excluding carboxylic acids is 1. The minimum Gasteiger partial charge on any atom is -0.497 e. The lowest BCUT2D eigenvalue weighted by Gasteiger charge is -2.05. The van der Waals surface area contributed by atoms with Gasteiger partial charge in [0.25, 0.3) is 5.91 Å². The molecule has 2 aromatic heterocycles. The lowest BCUT2D eigenvalue weighted by Crippen LogP contribution is -2.13. The molecule has 0 bridgehead atoms. The first-order valence-corrected chi connectivity index (χ1v) is 9.64. The molecule has 10 heteroatoms. The fourth-order valence-electron chi connectivity index (χ4n) is 2.80. The fraction of sp³-hybridized carbons (Fsp3) is 0.158. The highest BCUT2D eigenvalue weighted by atomic mass is 32.1. The van der Waals surface area contributed by atoms with E-state index in [1.54, 1.807) is 25.3 Å². The van der Waals surface area contributed by atoms with Crippen molar-refractivity contribution in [3.63, 3.8) is 0 Å². The van der Waals surface area contributed by atoms with Crippen LogP contribution in [-0.4, -0.2) is 43.8 Å². The zero-order valence-electron chi connectivity index (χ0n) is 15.5. The van der Waals surface area contributed by atoms with E-state index in [-0.39, 0.29) is 5.91 Å². The molecule has 0 saturated heterocycles. The number of benzene rings is 2. The van der Waals surface area contributed by atoms with Gasteiger partial charge in [-0.15, -0.1) is 20.4 Å². The Balaban J connectivity index is 1.42. The van der Waals surface area contributed by atoms with E-state index in [1.807, 2.05) is 30.3 Å². The lowest BCUT2D eigenvalue weighted by molar-refractivity contribution is 0.102. The van der Waals surface area contributed by atoms with Crippen molar-refractivity contribution in [2.45, 2.75) is 12.8 Å². The summed E-state index contributed by atoms with van der Waals surface area (Å²) in [7, 11) is 1.65. The van der Waals surface area contributed by atoms with Gasteiger partial charge < -0.3 is 4.74 Å². The van der Waals surface area contributed by atoms with E-state index in [2.05, 4.69) is 36.1 Å². The van der Waals surface area contributed by atoms with E-state index in [1.165, 1.54) is 11.3 Å². The van der Waals surface area contributed by atoms with Crippen molar-refractivity contribution in [2.24, 2.45) is 0 Å². The number of anilines is 1. The highest BCUT2D eigenvalue weighted by molar-refractivity contribution is 7.15. The molecule has 9 nitrogen and oxygen atoms in total. The van der Waals surface area contributed by atoms with E-state index < -0.39 is 0 Å². The van der Waals surface area contributed by atoms with Gasteiger partial charge in [0.2, 0.25) is 11.0 Å². The monoisotopic (exact) mass is 407 g/mol. The number of aryl methyl sites for hydroxylation is 2. The number of tetrazole rings is 1. The van der Waals surface area contributed by atoms with Gasteiger partial charge in [-0.2, -0.15) is 5.21 Å². The van der Waals surface area contributed by atoms with Crippen molar-refractivity contribution in [1.29, 1.82) is 0 Å². The maximum Gasteiger partial charge on any atom is 0.258 e. The van der Waals surface area contributed by atoms with Gasteiger partial charge in [-0.3, -0.25) is 10.1 Å². The average Bonchev–Trinajstić information content (AvgIpc) is 3.45. The first-order chi connectivity index (χ1) is 14.2. The molecule has 0 aliphatic rings. The molecule has 1 amide bonds. The van der Waals surface area contributed by atoms with Crippen LogP contribution in [0.15, 0.2) is 48.5 Å². The van der Waals surface area contributed by atoms with Crippen molar-refractivity contribution in [3.05, 3.63) is 64.7 Å². The second-order valence-corrected chi connectivity index (χ2v) is 7.15. The van der Waals surface area contributed by atoms with Crippen LogP contribution in [0.3, 0.4) is 0 Å². The molecule has 29 heavy (non-hydrogen) atoms. The molecule has 0 saturated carbocycles. The second kappa shape index (κ2) is 8.57. The summed E-state index contributed by atoms with van der Waals surface area (Å²) >= 11 is 1.35. The van der Waals surface area contributed by atoms with Crippen molar-refractivity contribution < 1.29 is 9.53 Å². The molecule has 0 atom stereocenters. The van der Waals surface area contributed by atoms with Crippen molar-refractivity contribution in [1.82, 2.24) is 30.8 Å². The SMILES string of the molecule is COc1cccc(CCc2nnc(NC(=O)c3ccccc3-c3nn[nH]n3)s2)c1. The molecule has 4 aromatic rings. The number of carbonyl (C=O) groups is 1. The number of hydrogen-bond acceptors (Lipinski definition) is 8. The lowest BCUT2D eigenvalue weighted by atomic mass is 10.1. The number of aromatic amines is 1. The Kier molecular flexibility index (Phi) is 5.52. The number of amides is 1. The highest BCUT2D eigenvalue weighted by Gasteiger charge is 2.17. The van der Waals surface area contributed by atoms with Gasteiger partial charge in [-0.05, 0) is 35.4 Å². The zero-order valence-corrected chi connectivity index (χ0v) is 16.3. The molecule has 146 valence electrons. The van der Waals surface area contributed by atoms with Crippen LogP contribution in [0.2, 0.25) is 0 Å². The van der Waals surface area contributed by atoms with E-state index in [0.717, 1.165) is 29.2 Å².